The highest BCUT2D eigenvalue weighted by atomic mass is 16.4. The number of amides is 1. The van der Waals surface area contributed by atoms with E-state index in [9.17, 15) is 9.59 Å². The van der Waals surface area contributed by atoms with Crippen molar-refractivity contribution in [3.8, 4) is 0 Å². The van der Waals surface area contributed by atoms with Gasteiger partial charge in [-0.1, -0.05) is 6.58 Å². The van der Waals surface area contributed by atoms with Crippen LogP contribution in [0.4, 0.5) is 11.4 Å². The zero-order chi connectivity index (χ0) is 15.7. The van der Waals surface area contributed by atoms with E-state index >= 15 is 0 Å². The number of fused-ring (bicyclic) bond motifs is 1. The van der Waals surface area contributed by atoms with Crippen molar-refractivity contribution >= 4 is 23.3 Å². The number of carbonyl (C=O) groups excluding carboxylic acids is 1. The predicted molar refractivity (Wildman–Crippen MR) is 84.3 cm³/mol. The molecule has 110 valence electrons. The molecule has 0 saturated carbocycles. The molecule has 3 rings (SSSR count). The second-order valence-electron chi connectivity index (χ2n) is 5.11. The monoisotopic (exact) mass is 294 g/mol. The van der Waals surface area contributed by atoms with E-state index in [1.807, 2.05) is 18.2 Å². The first-order chi connectivity index (χ1) is 10.5. The summed E-state index contributed by atoms with van der Waals surface area (Å²) in [5.74, 6) is -1.29. The van der Waals surface area contributed by atoms with Crippen LogP contribution in [0.1, 0.15) is 26.3 Å². The van der Waals surface area contributed by atoms with Crippen LogP contribution in [-0.4, -0.2) is 17.0 Å². The van der Waals surface area contributed by atoms with Crippen LogP contribution in [0.15, 0.2) is 54.7 Å². The van der Waals surface area contributed by atoms with Crippen LogP contribution in [0.25, 0.3) is 0 Å². The van der Waals surface area contributed by atoms with Crippen molar-refractivity contribution in [1.82, 2.24) is 0 Å². The molecule has 2 aromatic rings. The molecule has 1 heterocycles. The van der Waals surface area contributed by atoms with Gasteiger partial charge in [0.15, 0.2) is 0 Å². The Balaban J connectivity index is 1.76. The molecule has 0 radical (unpaired) electrons. The van der Waals surface area contributed by atoms with Gasteiger partial charge < -0.3 is 15.7 Å². The lowest BCUT2D eigenvalue weighted by Gasteiger charge is -2.07. The third-order valence-corrected chi connectivity index (χ3v) is 3.47. The summed E-state index contributed by atoms with van der Waals surface area (Å²) in [5, 5.41) is 14.8. The number of hydrogen-bond donors (Lipinski definition) is 3. The van der Waals surface area contributed by atoms with Crippen LogP contribution in [0.3, 0.4) is 0 Å². The maximum absolute atomic E-state index is 12.2. The maximum Gasteiger partial charge on any atom is 0.335 e. The third kappa shape index (κ3) is 2.69. The lowest BCUT2D eigenvalue weighted by molar-refractivity contribution is 0.0696. The quantitative estimate of drug-likeness (QED) is 0.812. The SMILES string of the molecule is C=C1Cc2cc(NC(=O)c3ccc(C(=O)O)cc3)ccc2N1. The van der Waals surface area contributed by atoms with Crippen molar-refractivity contribution in [2.45, 2.75) is 6.42 Å². The van der Waals surface area contributed by atoms with Crippen LogP contribution in [-0.2, 0) is 6.42 Å². The maximum atomic E-state index is 12.2. The summed E-state index contributed by atoms with van der Waals surface area (Å²) in [6, 6.07) is 11.4. The number of carbonyl (C=O) groups is 2. The van der Waals surface area contributed by atoms with Gasteiger partial charge in [0.2, 0.25) is 0 Å². The second kappa shape index (κ2) is 5.37. The highest BCUT2D eigenvalue weighted by molar-refractivity contribution is 6.05. The molecule has 1 amide bonds. The van der Waals surface area contributed by atoms with Gasteiger partial charge in [-0.3, -0.25) is 4.79 Å². The van der Waals surface area contributed by atoms with Gasteiger partial charge in [-0.2, -0.15) is 0 Å². The van der Waals surface area contributed by atoms with Gasteiger partial charge in [-0.05, 0) is 48.0 Å². The van der Waals surface area contributed by atoms with Gasteiger partial charge in [0.25, 0.3) is 5.91 Å². The average molecular weight is 294 g/mol. The Labute approximate surface area is 127 Å². The topological polar surface area (TPSA) is 78.4 Å². The molecule has 0 atom stereocenters. The number of allylic oxidation sites excluding steroid dienone is 1. The van der Waals surface area contributed by atoms with Gasteiger partial charge in [0.1, 0.15) is 0 Å². The van der Waals surface area contributed by atoms with E-state index in [1.165, 1.54) is 24.3 Å². The lowest BCUT2D eigenvalue weighted by Crippen LogP contribution is -2.12. The summed E-state index contributed by atoms with van der Waals surface area (Å²) in [5.41, 5.74) is 4.29. The fraction of sp³-hybridized carbons (Fsp3) is 0.0588. The number of nitrogens with one attached hydrogen (secondary N) is 2. The largest absolute Gasteiger partial charge is 0.478 e. The first-order valence-corrected chi connectivity index (χ1v) is 6.75. The van der Waals surface area contributed by atoms with Crippen molar-refractivity contribution in [3.05, 3.63) is 71.4 Å². The summed E-state index contributed by atoms with van der Waals surface area (Å²) < 4.78 is 0. The molecular formula is C17H14N2O3. The van der Waals surface area contributed by atoms with Crippen LogP contribution in [0, 0.1) is 0 Å². The molecule has 0 fully saturated rings. The lowest BCUT2D eigenvalue weighted by atomic mass is 10.1. The van der Waals surface area contributed by atoms with E-state index in [2.05, 4.69) is 17.2 Å². The summed E-state index contributed by atoms with van der Waals surface area (Å²) in [6.45, 7) is 3.88. The van der Waals surface area contributed by atoms with Crippen LogP contribution in [0.5, 0.6) is 0 Å². The van der Waals surface area contributed by atoms with Crippen molar-refractivity contribution in [2.75, 3.05) is 10.6 Å². The first kappa shape index (κ1) is 13.9. The molecule has 1 aliphatic heterocycles. The van der Waals surface area contributed by atoms with Crippen molar-refractivity contribution in [2.24, 2.45) is 0 Å². The Morgan fingerprint density at radius 1 is 1.09 bits per heavy atom. The normalized spacial score (nSPS) is 12.5. The molecule has 3 N–H and O–H groups in total. The highest BCUT2D eigenvalue weighted by Crippen LogP contribution is 2.29. The van der Waals surface area contributed by atoms with E-state index in [-0.39, 0.29) is 11.5 Å². The molecule has 0 aromatic heterocycles. The summed E-state index contributed by atoms with van der Waals surface area (Å²) in [6.07, 6.45) is 0.742. The molecule has 0 unspecified atom stereocenters. The number of aromatic carboxylic acids is 1. The Morgan fingerprint density at radius 3 is 2.45 bits per heavy atom. The number of carboxylic acid groups (broad SMARTS) is 1. The Kier molecular flexibility index (Phi) is 3.39. The molecule has 0 aliphatic carbocycles. The number of benzene rings is 2. The van der Waals surface area contributed by atoms with Gasteiger partial charge in [0, 0.05) is 29.1 Å². The zero-order valence-electron chi connectivity index (χ0n) is 11.7. The van der Waals surface area contributed by atoms with Crippen LogP contribution < -0.4 is 10.6 Å². The van der Waals surface area contributed by atoms with Crippen molar-refractivity contribution in [1.29, 1.82) is 0 Å². The number of carboxylic acids is 1. The van der Waals surface area contributed by atoms with E-state index < -0.39 is 5.97 Å². The fourth-order valence-corrected chi connectivity index (χ4v) is 2.37. The molecule has 0 saturated heterocycles. The van der Waals surface area contributed by atoms with Gasteiger partial charge in [-0.25, -0.2) is 4.79 Å². The minimum absolute atomic E-state index is 0.152. The van der Waals surface area contributed by atoms with Gasteiger partial charge >= 0.3 is 5.97 Å². The minimum Gasteiger partial charge on any atom is -0.478 e. The molecule has 22 heavy (non-hydrogen) atoms. The van der Waals surface area contributed by atoms with Crippen LogP contribution >= 0.6 is 0 Å². The highest BCUT2D eigenvalue weighted by Gasteiger charge is 2.14. The van der Waals surface area contributed by atoms with E-state index in [0.29, 0.717) is 11.3 Å². The van der Waals surface area contributed by atoms with Gasteiger partial charge in [-0.15, -0.1) is 0 Å². The third-order valence-electron chi connectivity index (χ3n) is 3.47. The Morgan fingerprint density at radius 2 is 1.77 bits per heavy atom. The van der Waals surface area contributed by atoms with E-state index in [0.717, 1.165) is 23.4 Å². The number of hydrogen-bond acceptors (Lipinski definition) is 3. The summed E-state index contributed by atoms with van der Waals surface area (Å²) >= 11 is 0. The summed E-state index contributed by atoms with van der Waals surface area (Å²) in [7, 11) is 0. The molecule has 2 aromatic carbocycles. The Bertz CT molecular complexity index is 779. The van der Waals surface area contributed by atoms with Crippen molar-refractivity contribution in [3.63, 3.8) is 0 Å². The predicted octanol–water partition coefficient (Wildman–Crippen LogP) is 3.12. The smallest absolute Gasteiger partial charge is 0.335 e. The Hall–Kier alpha value is -3.08. The van der Waals surface area contributed by atoms with E-state index in [1.54, 1.807) is 0 Å². The molecular weight excluding hydrogens is 280 g/mol. The first-order valence-electron chi connectivity index (χ1n) is 6.75. The molecule has 0 bridgehead atoms. The molecule has 1 aliphatic rings. The average Bonchev–Trinajstić information content (AvgIpc) is 2.86. The second-order valence-corrected chi connectivity index (χ2v) is 5.11. The summed E-state index contributed by atoms with van der Waals surface area (Å²) in [4.78, 5) is 23.0. The van der Waals surface area contributed by atoms with E-state index in [4.69, 9.17) is 5.11 Å². The molecule has 0 spiro atoms. The minimum atomic E-state index is -1.02. The van der Waals surface area contributed by atoms with Gasteiger partial charge in [0.05, 0.1) is 5.56 Å². The van der Waals surface area contributed by atoms with Crippen LogP contribution in [0.2, 0.25) is 0 Å². The molecule has 5 heteroatoms. The zero-order valence-corrected chi connectivity index (χ0v) is 11.7. The number of rotatable bonds is 3. The van der Waals surface area contributed by atoms with Crippen molar-refractivity contribution < 1.29 is 14.7 Å². The molecule has 5 nitrogen and oxygen atoms in total. The number of anilines is 2. The standard InChI is InChI=1S/C17H14N2O3/c1-10-8-13-9-14(6-7-15(13)18-10)19-16(20)11-2-4-12(5-3-11)17(21)22/h2-7,9,18H,1,8H2,(H,19,20)(H,21,22). The fourth-order valence-electron chi connectivity index (χ4n) is 2.37.